The largest absolute Gasteiger partial charge is 0.508 e. The summed E-state index contributed by atoms with van der Waals surface area (Å²) >= 11 is 0. The van der Waals surface area contributed by atoms with Gasteiger partial charge < -0.3 is 10.4 Å². The monoisotopic (exact) mass is 402 g/mol. The van der Waals surface area contributed by atoms with E-state index in [9.17, 15) is 19.5 Å². The van der Waals surface area contributed by atoms with E-state index in [-0.39, 0.29) is 36.4 Å². The van der Waals surface area contributed by atoms with Crippen LogP contribution in [0.1, 0.15) is 33.6 Å². The van der Waals surface area contributed by atoms with Crippen molar-refractivity contribution in [2.24, 2.45) is 0 Å². The van der Waals surface area contributed by atoms with Crippen molar-refractivity contribution in [2.75, 3.05) is 11.9 Å². The van der Waals surface area contributed by atoms with Crippen LogP contribution in [0, 0.1) is 0 Å². The summed E-state index contributed by atoms with van der Waals surface area (Å²) in [4.78, 5) is 46.4. The highest BCUT2D eigenvalue weighted by atomic mass is 16.3. The number of phenols is 1. The molecular formula is C22H18N4O4. The first-order chi connectivity index (χ1) is 14.5. The molecule has 0 fully saturated rings. The third-order valence-electron chi connectivity index (χ3n) is 4.70. The lowest BCUT2D eigenvalue weighted by Crippen LogP contribution is -2.31. The van der Waals surface area contributed by atoms with Crippen LogP contribution in [-0.4, -0.2) is 44.2 Å². The van der Waals surface area contributed by atoms with Crippen molar-refractivity contribution in [2.45, 2.75) is 12.8 Å². The van der Waals surface area contributed by atoms with Gasteiger partial charge in [0, 0.05) is 18.5 Å². The van der Waals surface area contributed by atoms with E-state index >= 15 is 0 Å². The maximum Gasteiger partial charge on any atom is 0.261 e. The predicted octanol–water partition coefficient (Wildman–Crippen LogP) is 2.86. The number of rotatable bonds is 6. The number of imide groups is 1. The minimum absolute atomic E-state index is 0.117. The van der Waals surface area contributed by atoms with E-state index in [0.717, 1.165) is 0 Å². The van der Waals surface area contributed by atoms with Crippen molar-refractivity contribution in [1.82, 2.24) is 14.9 Å². The molecule has 0 spiro atoms. The highest BCUT2D eigenvalue weighted by molar-refractivity contribution is 6.21. The number of aromatic nitrogens is 2. The lowest BCUT2D eigenvalue weighted by atomic mass is 10.1. The molecule has 1 aliphatic rings. The summed E-state index contributed by atoms with van der Waals surface area (Å²) in [6, 6.07) is 13.3. The van der Waals surface area contributed by atoms with Gasteiger partial charge in [0.15, 0.2) is 5.82 Å². The van der Waals surface area contributed by atoms with Crippen LogP contribution >= 0.6 is 0 Å². The van der Waals surface area contributed by atoms with Crippen molar-refractivity contribution < 1.29 is 19.5 Å². The van der Waals surface area contributed by atoms with Gasteiger partial charge in [0.2, 0.25) is 5.91 Å². The highest BCUT2D eigenvalue weighted by Gasteiger charge is 2.34. The van der Waals surface area contributed by atoms with Crippen LogP contribution in [-0.2, 0) is 4.79 Å². The zero-order valence-electron chi connectivity index (χ0n) is 15.9. The van der Waals surface area contributed by atoms with Gasteiger partial charge >= 0.3 is 0 Å². The van der Waals surface area contributed by atoms with E-state index in [1.165, 1.54) is 17.3 Å². The maximum absolute atomic E-state index is 12.3. The van der Waals surface area contributed by atoms with Crippen LogP contribution in [0.5, 0.6) is 5.75 Å². The smallest absolute Gasteiger partial charge is 0.261 e. The van der Waals surface area contributed by atoms with Crippen molar-refractivity contribution in [3.8, 4) is 17.1 Å². The minimum Gasteiger partial charge on any atom is -0.508 e. The summed E-state index contributed by atoms with van der Waals surface area (Å²) in [5, 5.41) is 12.2. The lowest BCUT2D eigenvalue weighted by Gasteiger charge is -2.13. The van der Waals surface area contributed by atoms with Gasteiger partial charge in [-0.15, -0.1) is 0 Å². The van der Waals surface area contributed by atoms with Crippen LogP contribution in [0.25, 0.3) is 11.4 Å². The number of carbonyl (C=O) groups excluding carboxylic acids is 3. The fourth-order valence-corrected chi connectivity index (χ4v) is 3.25. The van der Waals surface area contributed by atoms with Gasteiger partial charge in [0.05, 0.1) is 29.2 Å². The normalized spacial score (nSPS) is 12.7. The molecule has 0 saturated heterocycles. The number of hydrogen-bond donors (Lipinski definition) is 2. The Morgan fingerprint density at radius 1 is 0.967 bits per heavy atom. The van der Waals surface area contributed by atoms with Gasteiger partial charge in [-0.2, -0.15) is 0 Å². The van der Waals surface area contributed by atoms with Crippen LogP contribution < -0.4 is 5.32 Å². The summed E-state index contributed by atoms with van der Waals surface area (Å²) in [6.07, 6.45) is 3.45. The molecule has 8 nitrogen and oxygen atoms in total. The van der Waals surface area contributed by atoms with E-state index in [1.54, 1.807) is 48.5 Å². The average Bonchev–Trinajstić information content (AvgIpc) is 2.99. The lowest BCUT2D eigenvalue weighted by molar-refractivity contribution is -0.116. The number of benzene rings is 2. The summed E-state index contributed by atoms with van der Waals surface area (Å²) < 4.78 is 0. The fourth-order valence-electron chi connectivity index (χ4n) is 3.25. The van der Waals surface area contributed by atoms with Crippen LogP contribution in [0.4, 0.5) is 5.69 Å². The molecule has 1 aromatic heterocycles. The van der Waals surface area contributed by atoms with E-state index in [1.807, 2.05) is 0 Å². The quantitative estimate of drug-likeness (QED) is 0.613. The number of hydrogen-bond acceptors (Lipinski definition) is 6. The third kappa shape index (κ3) is 3.88. The Labute approximate surface area is 172 Å². The van der Waals surface area contributed by atoms with Crippen molar-refractivity contribution >= 4 is 23.4 Å². The second-order valence-corrected chi connectivity index (χ2v) is 6.80. The molecule has 2 heterocycles. The Morgan fingerprint density at radius 2 is 1.63 bits per heavy atom. The van der Waals surface area contributed by atoms with E-state index in [2.05, 4.69) is 15.3 Å². The van der Waals surface area contributed by atoms with Crippen LogP contribution in [0.15, 0.2) is 60.9 Å². The molecule has 4 rings (SSSR count). The molecule has 3 amide bonds. The van der Waals surface area contributed by atoms with E-state index in [0.29, 0.717) is 34.6 Å². The minimum atomic E-state index is -0.327. The molecule has 0 aliphatic carbocycles. The molecule has 0 saturated carbocycles. The predicted molar refractivity (Wildman–Crippen MR) is 109 cm³/mol. The summed E-state index contributed by atoms with van der Waals surface area (Å²) in [7, 11) is 0. The second-order valence-electron chi connectivity index (χ2n) is 6.80. The Kier molecular flexibility index (Phi) is 5.21. The SMILES string of the molecule is O=C(CCCN1C(=O)c2ccccc2C1=O)Nc1cnc(-c2cccc(O)c2)nc1. The van der Waals surface area contributed by atoms with E-state index < -0.39 is 0 Å². The molecule has 0 bridgehead atoms. The molecule has 150 valence electrons. The van der Waals surface area contributed by atoms with E-state index in [4.69, 9.17) is 0 Å². The molecule has 2 aromatic carbocycles. The molecule has 8 heteroatoms. The molecule has 0 atom stereocenters. The van der Waals surface area contributed by atoms with Crippen molar-refractivity contribution in [3.05, 3.63) is 72.1 Å². The Hall–Kier alpha value is -4.07. The van der Waals surface area contributed by atoms with Gasteiger partial charge in [0.1, 0.15) is 5.75 Å². The van der Waals surface area contributed by atoms with Gasteiger partial charge in [-0.05, 0) is 30.7 Å². The first-order valence-corrected chi connectivity index (χ1v) is 9.39. The number of carbonyl (C=O) groups is 3. The first-order valence-electron chi connectivity index (χ1n) is 9.39. The third-order valence-corrected chi connectivity index (χ3v) is 4.70. The number of nitrogens with zero attached hydrogens (tertiary/aromatic N) is 3. The topological polar surface area (TPSA) is 112 Å². The second kappa shape index (κ2) is 8.12. The number of fused-ring (bicyclic) bond motifs is 1. The first kappa shape index (κ1) is 19.3. The molecule has 0 radical (unpaired) electrons. The Morgan fingerprint density at radius 3 is 2.27 bits per heavy atom. The van der Waals surface area contributed by atoms with Crippen molar-refractivity contribution in [3.63, 3.8) is 0 Å². The number of amides is 3. The van der Waals surface area contributed by atoms with Crippen LogP contribution in [0.2, 0.25) is 0 Å². The zero-order valence-corrected chi connectivity index (χ0v) is 15.9. The Balaban J connectivity index is 1.29. The average molecular weight is 402 g/mol. The van der Waals surface area contributed by atoms with Gasteiger partial charge in [0.25, 0.3) is 11.8 Å². The fraction of sp³-hybridized carbons (Fsp3) is 0.136. The number of nitrogens with one attached hydrogen (secondary N) is 1. The Bertz CT molecular complexity index is 1090. The highest BCUT2D eigenvalue weighted by Crippen LogP contribution is 2.23. The van der Waals surface area contributed by atoms with Gasteiger partial charge in [-0.25, -0.2) is 9.97 Å². The summed E-state index contributed by atoms with van der Waals surface area (Å²) in [5.74, 6) is -0.375. The van der Waals surface area contributed by atoms with Gasteiger partial charge in [-0.3, -0.25) is 19.3 Å². The molecule has 3 aromatic rings. The number of anilines is 1. The molecule has 2 N–H and O–H groups in total. The summed E-state index contributed by atoms with van der Waals surface area (Å²) in [6.45, 7) is 0.173. The van der Waals surface area contributed by atoms with Crippen LogP contribution in [0.3, 0.4) is 0 Å². The summed E-state index contributed by atoms with van der Waals surface area (Å²) in [5.41, 5.74) is 1.89. The van der Waals surface area contributed by atoms with Crippen molar-refractivity contribution in [1.29, 1.82) is 0 Å². The standard InChI is InChI=1S/C22H18N4O4/c27-16-6-3-5-14(11-16)20-23-12-15(13-24-20)25-19(28)9-4-10-26-21(29)17-7-1-2-8-18(17)22(26)30/h1-3,5-8,11-13,27H,4,9-10H2,(H,25,28). The maximum atomic E-state index is 12.3. The zero-order chi connectivity index (χ0) is 21.1. The van der Waals surface area contributed by atoms with Gasteiger partial charge in [-0.1, -0.05) is 24.3 Å². The molecule has 0 unspecified atom stereocenters. The molecular weight excluding hydrogens is 384 g/mol. The molecule has 30 heavy (non-hydrogen) atoms. The molecule has 1 aliphatic heterocycles. The number of phenolic OH excluding ortho intramolecular Hbond substituents is 1. The number of aromatic hydroxyl groups is 1.